The number of hydrogen-bond acceptors (Lipinski definition) is 12. The van der Waals surface area contributed by atoms with Gasteiger partial charge in [0.2, 0.25) is 6.29 Å². The summed E-state index contributed by atoms with van der Waals surface area (Å²) in [6, 6.07) is 6.11. The van der Waals surface area contributed by atoms with Gasteiger partial charge in [0.1, 0.15) is 24.8 Å². The van der Waals surface area contributed by atoms with Crippen LogP contribution in [0.3, 0.4) is 0 Å². The van der Waals surface area contributed by atoms with Crippen molar-refractivity contribution in [2.45, 2.75) is 44.7 Å². The number of hydrogen-bond donors (Lipinski definition) is 4. The number of carbonyl (C=O) groups is 1. The van der Waals surface area contributed by atoms with Gasteiger partial charge in [0.15, 0.2) is 29.0 Å². The van der Waals surface area contributed by atoms with Gasteiger partial charge in [-0.15, -0.1) is 0 Å². The zero-order valence-corrected chi connectivity index (χ0v) is 21.1. The first-order valence-electron chi connectivity index (χ1n) is 11.6. The average molecular weight is 545 g/mol. The quantitative estimate of drug-likeness (QED) is 0.253. The van der Waals surface area contributed by atoms with Crippen molar-refractivity contribution >= 4 is 34.7 Å². The lowest BCUT2D eigenvalue weighted by molar-refractivity contribution is -0.125. The van der Waals surface area contributed by atoms with Crippen LogP contribution in [0.15, 0.2) is 41.4 Å². The van der Waals surface area contributed by atoms with Crippen molar-refractivity contribution in [1.29, 1.82) is 0 Å². The number of alkyl carbamates (subject to hydrolysis) is 1. The number of fused-ring (bicyclic) bond motifs is 1. The third kappa shape index (κ3) is 5.19. The van der Waals surface area contributed by atoms with Crippen LogP contribution in [0, 0.1) is 6.92 Å². The van der Waals surface area contributed by atoms with E-state index in [1.54, 1.807) is 24.3 Å². The number of ether oxygens (including phenoxy) is 3. The summed E-state index contributed by atoms with van der Waals surface area (Å²) in [6.07, 6.45) is -1.27. The lowest BCUT2D eigenvalue weighted by Crippen LogP contribution is -2.42. The van der Waals surface area contributed by atoms with E-state index in [1.165, 1.54) is 24.3 Å². The SMILES string of the molecule is CNC(=O)O[C@@H]1O[C@@H](n2cnc3c(NCc4cc(Cl)ccc4OCc4cc(C)no4)ncnc32)[C@H](O)[C@@H]1N. The molecule has 1 amide bonds. The predicted molar refractivity (Wildman–Crippen MR) is 133 cm³/mol. The summed E-state index contributed by atoms with van der Waals surface area (Å²) in [5.41, 5.74) is 8.35. The maximum Gasteiger partial charge on any atom is 0.409 e. The highest BCUT2D eigenvalue weighted by Gasteiger charge is 2.45. The first-order valence-corrected chi connectivity index (χ1v) is 11.9. The number of rotatable bonds is 8. The molecule has 0 bridgehead atoms. The van der Waals surface area contributed by atoms with Gasteiger partial charge in [-0.05, 0) is 25.1 Å². The van der Waals surface area contributed by atoms with E-state index in [0.717, 1.165) is 11.3 Å². The van der Waals surface area contributed by atoms with Crippen LogP contribution >= 0.6 is 11.6 Å². The molecule has 4 atom stereocenters. The topological polar surface area (TPSA) is 185 Å². The molecule has 0 spiro atoms. The van der Waals surface area contributed by atoms with Crippen molar-refractivity contribution in [2.24, 2.45) is 5.73 Å². The van der Waals surface area contributed by atoms with Gasteiger partial charge in [0.05, 0.1) is 18.1 Å². The average Bonchev–Trinajstić information content (AvgIpc) is 3.60. The molecule has 0 unspecified atom stereocenters. The van der Waals surface area contributed by atoms with E-state index >= 15 is 0 Å². The summed E-state index contributed by atoms with van der Waals surface area (Å²) >= 11 is 6.23. The Morgan fingerprint density at radius 3 is 2.89 bits per heavy atom. The molecule has 15 heteroatoms. The van der Waals surface area contributed by atoms with Gasteiger partial charge in [-0.1, -0.05) is 16.8 Å². The lowest BCUT2D eigenvalue weighted by atomic mass is 10.2. The van der Waals surface area contributed by atoms with Crippen molar-refractivity contribution in [3.05, 3.63) is 59.0 Å². The molecular weight excluding hydrogens is 520 g/mol. The summed E-state index contributed by atoms with van der Waals surface area (Å²) < 4.78 is 23.5. The molecule has 200 valence electrons. The largest absolute Gasteiger partial charge is 0.485 e. The summed E-state index contributed by atoms with van der Waals surface area (Å²) in [6.45, 7) is 2.34. The van der Waals surface area contributed by atoms with Crippen molar-refractivity contribution in [2.75, 3.05) is 12.4 Å². The highest BCUT2D eigenvalue weighted by atomic mass is 35.5. The minimum atomic E-state index is -1.19. The predicted octanol–water partition coefficient (Wildman–Crippen LogP) is 1.87. The molecule has 1 saturated heterocycles. The Morgan fingerprint density at radius 2 is 2.13 bits per heavy atom. The fourth-order valence-corrected chi connectivity index (χ4v) is 4.16. The molecule has 3 aromatic heterocycles. The van der Waals surface area contributed by atoms with Crippen LogP contribution in [0.2, 0.25) is 5.02 Å². The number of anilines is 1. The molecule has 1 fully saturated rings. The second-order valence-electron chi connectivity index (χ2n) is 8.49. The number of carbonyl (C=O) groups excluding carboxylic acids is 1. The van der Waals surface area contributed by atoms with Crippen molar-refractivity contribution in [3.63, 3.8) is 0 Å². The van der Waals surface area contributed by atoms with E-state index in [2.05, 4.69) is 30.7 Å². The number of aromatic nitrogens is 5. The molecule has 38 heavy (non-hydrogen) atoms. The standard InChI is InChI=1S/C23H25ClN8O6/c1-11-5-14(38-31-11)8-35-15-4-3-13(24)6-12(15)7-27-19-17-20(29-9-28-19)32(10-30-17)21-18(33)16(25)22(36-21)37-23(34)26-2/h3-6,9-10,16,18,21-22,33H,7-8,25H2,1-2H3,(H,26,34)(H,27,28,29)/t16-,18+,21+,22-/m0/s1. The van der Waals surface area contributed by atoms with E-state index in [9.17, 15) is 9.90 Å². The number of nitrogens with two attached hydrogens (primary N) is 1. The van der Waals surface area contributed by atoms with Crippen molar-refractivity contribution in [3.8, 4) is 5.75 Å². The van der Waals surface area contributed by atoms with Gasteiger partial charge in [0.25, 0.3) is 0 Å². The lowest BCUT2D eigenvalue weighted by Gasteiger charge is -2.16. The number of halogens is 1. The second-order valence-corrected chi connectivity index (χ2v) is 8.93. The molecule has 0 aliphatic carbocycles. The third-order valence-electron chi connectivity index (χ3n) is 5.85. The minimum absolute atomic E-state index is 0.202. The van der Waals surface area contributed by atoms with E-state index < -0.39 is 30.8 Å². The summed E-state index contributed by atoms with van der Waals surface area (Å²) in [7, 11) is 1.40. The summed E-state index contributed by atoms with van der Waals surface area (Å²) in [5, 5.41) is 20.6. The molecule has 5 rings (SSSR count). The molecule has 5 N–H and O–H groups in total. The van der Waals surface area contributed by atoms with E-state index in [4.69, 9.17) is 36.1 Å². The fraction of sp³-hybridized carbons (Fsp3) is 0.348. The molecule has 1 aliphatic heterocycles. The second kappa shape index (κ2) is 10.8. The number of imidazole rings is 1. The number of aliphatic hydroxyl groups is 1. The van der Waals surface area contributed by atoms with Crippen LogP contribution in [0.25, 0.3) is 11.2 Å². The molecule has 4 aromatic rings. The monoisotopic (exact) mass is 544 g/mol. The molecule has 0 radical (unpaired) electrons. The number of aryl methyl sites for hydroxylation is 1. The van der Waals surface area contributed by atoms with E-state index in [-0.39, 0.29) is 6.61 Å². The Kier molecular flexibility index (Phi) is 7.28. The molecule has 14 nitrogen and oxygen atoms in total. The maximum absolute atomic E-state index is 11.6. The van der Waals surface area contributed by atoms with Crippen molar-refractivity contribution in [1.82, 2.24) is 30.0 Å². The fourth-order valence-electron chi connectivity index (χ4n) is 3.97. The van der Waals surface area contributed by atoms with Gasteiger partial charge in [0, 0.05) is 30.2 Å². The molecule has 1 aliphatic rings. The van der Waals surface area contributed by atoms with Crippen LogP contribution in [-0.4, -0.2) is 61.4 Å². The first kappa shape index (κ1) is 25.7. The van der Waals surface area contributed by atoms with Crippen LogP contribution in [0.4, 0.5) is 10.6 Å². The highest BCUT2D eigenvalue weighted by molar-refractivity contribution is 6.30. The molecular formula is C23H25ClN8O6. The zero-order valence-electron chi connectivity index (χ0n) is 20.4. The number of nitrogens with zero attached hydrogens (tertiary/aromatic N) is 5. The Bertz CT molecular complexity index is 1440. The number of benzene rings is 1. The molecule has 0 saturated carbocycles. The Labute approximate surface area is 221 Å². The number of aliphatic hydroxyl groups excluding tert-OH is 1. The van der Waals surface area contributed by atoms with Gasteiger partial charge in [-0.2, -0.15) is 0 Å². The van der Waals surface area contributed by atoms with Crippen LogP contribution in [-0.2, 0) is 22.6 Å². The van der Waals surface area contributed by atoms with Gasteiger partial charge >= 0.3 is 6.09 Å². The van der Waals surface area contributed by atoms with E-state index in [0.29, 0.717) is 40.1 Å². The summed E-state index contributed by atoms with van der Waals surface area (Å²) in [4.78, 5) is 24.6. The van der Waals surface area contributed by atoms with Gasteiger partial charge in [-0.25, -0.2) is 19.7 Å². The van der Waals surface area contributed by atoms with Crippen LogP contribution in [0.5, 0.6) is 5.75 Å². The zero-order chi connectivity index (χ0) is 26.8. The first-order chi connectivity index (χ1) is 18.3. The van der Waals surface area contributed by atoms with Crippen LogP contribution < -0.4 is 21.1 Å². The van der Waals surface area contributed by atoms with Crippen molar-refractivity contribution < 1.29 is 28.6 Å². The van der Waals surface area contributed by atoms with Gasteiger partial charge in [-0.3, -0.25) is 4.57 Å². The van der Waals surface area contributed by atoms with Crippen LogP contribution in [0.1, 0.15) is 23.2 Å². The summed E-state index contributed by atoms with van der Waals surface area (Å²) in [5.74, 6) is 1.63. The van der Waals surface area contributed by atoms with E-state index in [1.807, 2.05) is 6.92 Å². The Morgan fingerprint density at radius 1 is 1.29 bits per heavy atom. The normalized spacial score (nSPS) is 21.0. The third-order valence-corrected chi connectivity index (χ3v) is 6.09. The number of amides is 1. The Hall–Kier alpha value is -3.98. The Balaban J connectivity index is 1.33. The highest BCUT2D eigenvalue weighted by Crippen LogP contribution is 2.32. The number of nitrogens with one attached hydrogen (secondary N) is 2. The minimum Gasteiger partial charge on any atom is -0.485 e. The maximum atomic E-state index is 11.6. The molecule has 1 aromatic carbocycles. The van der Waals surface area contributed by atoms with Gasteiger partial charge < -0.3 is 40.2 Å². The molecule has 4 heterocycles. The smallest absolute Gasteiger partial charge is 0.409 e.